The highest BCUT2D eigenvalue weighted by Gasteiger charge is 2.65. The lowest BCUT2D eigenvalue weighted by atomic mass is 9.55. The molecule has 0 saturated heterocycles. The summed E-state index contributed by atoms with van der Waals surface area (Å²) >= 11 is 0. The molecule has 2 amide bonds. The molecule has 2 aliphatic heterocycles. The third-order valence-corrected chi connectivity index (χ3v) is 12.4. The molecule has 3 aromatic rings. The summed E-state index contributed by atoms with van der Waals surface area (Å²) in [4.78, 5) is 35.2. The van der Waals surface area contributed by atoms with Crippen LogP contribution in [-0.2, 0) is 20.9 Å². The zero-order valence-electron chi connectivity index (χ0n) is 36.9. The Kier molecular flexibility index (Phi) is 15.2. The summed E-state index contributed by atoms with van der Waals surface area (Å²) in [5.74, 6) is 0.318. The van der Waals surface area contributed by atoms with E-state index in [2.05, 4.69) is 23.1 Å². The summed E-state index contributed by atoms with van der Waals surface area (Å²) < 4.78 is 48.2. The van der Waals surface area contributed by atoms with Gasteiger partial charge in [0.15, 0.2) is 11.5 Å². The lowest BCUT2D eigenvalue weighted by Gasteiger charge is -2.59. The van der Waals surface area contributed by atoms with Crippen molar-refractivity contribution in [1.29, 1.82) is 0 Å². The molecule has 6 atom stereocenters. The molecular weight excluding hydrogens is 827 g/mol. The Morgan fingerprint density at radius 2 is 1.70 bits per heavy atom. The molecule has 16 nitrogen and oxygen atoms in total. The summed E-state index contributed by atoms with van der Waals surface area (Å²) in [5.41, 5.74) is 3.40. The minimum absolute atomic E-state index is 0.00615. The first-order chi connectivity index (χ1) is 31.2. The lowest BCUT2D eigenvalue weighted by molar-refractivity contribution is -0.256. The predicted molar refractivity (Wildman–Crippen MR) is 236 cm³/mol. The van der Waals surface area contributed by atoms with E-state index in [4.69, 9.17) is 42.7 Å². The van der Waals surface area contributed by atoms with Crippen molar-refractivity contribution in [2.24, 2.45) is 22.9 Å². The number of fused-ring (bicyclic) bond motifs is 3. The molecule has 0 radical (unpaired) electrons. The molecule has 64 heavy (non-hydrogen) atoms. The molecule has 7 rings (SSSR count). The summed E-state index contributed by atoms with van der Waals surface area (Å²) in [5, 5.41) is 27.3. The van der Waals surface area contributed by atoms with Crippen molar-refractivity contribution in [3.63, 3.8) is 0 Å². The van der Waals surface area contributed by atoms with Gasteiger partial charge in [-0.05, 0) is 98.0 Å². The summed E-state index contributed by atoms with van der Waals surface area (Å²) in [6, 6.07) is 15.0. The van der Waals surface area contributed by atoms with Gasteiger partial charge in [-0.3, -0.25) is 10.2 Å². The van der Waals surface area contributed by atoms with E-state index in [1.54, 1.807) is 55.3 Å². The second-order valence-electron chi connectivity index (χ2n) is 16.1. The smallest absolute Gasteiger partial charge is 0.417 e. The molecule has 2 heterocycles. The van der Waals surface area contributed by atoms with Gasteiger partial charge in [-0.1, -0.05) is 36.2 Å². The standard InChI is InChI=1S/C48H59N3O13/c1-6-22-62-48-43(51(47(55)59-7-2)28-30-14-18-40-42(23-30)61-29-60-40)27-38(50-58-5)35-24-31(12-8-10-20-52)34(13-9-11-21-53)44(45(35)48)36-25-33(16-19-39(36)64-48)63-46(54)49-37-17-15-32(56-3)26-41(37)57-4/h6,14-19,23-26,31,34,43-45,52-53H,1,7-13,20-22,27-29H2,2-5H3,(H,49,54)/t31-,34+,43-,44+,45+,48+/m0/s1. The summed E-state index contributed by atoms with van der Waals surface area (Å²) in [6.45, 7) is 6.24. The van der Waals surface area contributed by atoms with E-state index >= 15 is 0 Å². The number of methoxy groups -OCH3 is 2. The van der Waals surface area contributed by atoms with Gasteiger partial charge in [0, 0.05) is 43.7 Å². The van der Waals surface area contributed by atoms with E-state index in [1.807, 2.05) is 24.3 Å². The number of hydrogen-bond donors (Lipinski definition) is 3. The van der Waals surface area contributed by atoms with E-state index in [1.165, 1.54) is 14.2 Å². The number of hydrogen-bond acceptors (Lipinski definition) is 14. The highest BCUT2D eigenvalue weighted by Crippen LogP contribution is 2.62. The number of oxime groups is 1. The number of aliphatic hydroxyl groups is 2. The van der Waals surface area contributed by atoms with Crippen LogP contribution in [0.4, 0.5) is 15.3 Å². The number of allylic oxidation sites excluding steroid dienone is 1. The first-order valence-corrected chi connectivity index (χ1v) is 21.9. The van der Waals surface area contributed by atoms with E-state index in [0.717, 1.165) is 42.4 Å². The Morgan fingerprint density at radius 3 is 2.44 bits per heavy atom. The molecule has 0 unspecified atom stereocenters. The van der Waals surface area contributed by atoms with Crippen LogP contribution in [-0.4, -0.2) is 99.4 Å². The molecule has 0 bridgehead atoms. The van der Waals surface area contributed by atoms with Crippen LogP contribution in [0, 0.1) is 17.8 Å². The van der Waals surface area contributed by atoms with Crippen molar-refractivity contribution in [3.05, 3.63) is 90.0 Å². The molecule has 0 spiro atoms. The molecule has 344 valence electrons. The number of nitrogens with one attached hydrogen (secondary N) is 1. The molecule has 4 aliphatic rings. The minimum Gasteiger partial charge on any atom is -0.497 e. The fourth-order valence-corrected chi connectivity index (χ4v) is 9.71. The van der Waals surface area contributed by atoms with Crippen LogP contribution in [0.15, 0.2) is 84.1 Å². The number of unbranched alkanes of at least 4 members (excludes halogenated alkanes) is 2. The minimum atomic E-state index is -1.54. The first kappa shape index (κ1) is 46.0. The maximum atomic E-state index is 14.4. The molecular formula is C48H59N3O13. The second kappa shape index (κ2) is 21.1. The van der Waals surface area contributed by atoms with Gasteiger partial charge >= 0.3 is 12.2 Å². The van der Waals surface area contributed by atoms with Crippen LogP contribution in [0.3, 0.4) is 0 Å². The van der Waals surface area contributed by atoms with Crippen molar-refractivity contribution in [2.75, 3.05) is 59.9 Å². The quantitative estimate of drug-likeness (QED) is 0.0564. The monoisotopic (exact) mass is 885 g/mol. The van der Waals surface area contributed by atoms with Crippen LogP contribution in [0.2, 0.25) is 0 Å². The normalized spacial score (nSPS) is 23.1. The zero-order valence-corrected chi connectivity index (χ0v) is 36.9. The van der Waals surface area contributed by atoms with Crippen LogP contribution in [0.1, 0.15) is 68.9 Å². The average molecular weight is 886 g/mol. The Balaban J connectivity index is 1.38. The van der Waals surface area contributed by atoms with E-state index in [0.29, 0.717) is 53.0 Å². The van der Waals surface area contributed by atoms with Gasteiger partial charge < -0.3 is 52.9 Å². The van der Waals surface area contributed by atoms with Gasteiger partial charge in [-0.25, -0.2) is 9.59 Å². The zero-order chi connectivity index (χ0) is 45.2. The number of rotatable bonds is 20. The molecule has 3 N–H and O–H groups in total. The summed E-state index contributed by atoms with van der Waals surface area (Å²) in [6.07, 6.45) is 6.96. The van der Waals surface area contributed by atoms with Crippen molar-refractivity contribution >= 4 is 23.6 Å². The number of ether oxygens (including phenoxy) is 8. The van der Waals surface area contributed by atoms with E-state index in [-0.39, 0.29) is 69.7 Å². The molecule has 2 aliphatic carbocycles. The predicted octanol–water partition coefficient (Wildman–Crippen LogP) is 7.97. The third kappa shape index (κ3) is 9.59. The SMILES string of the molecule is C=CCO[C@@]12Oc3ccc(OC(=O)Nc4ccc(OC)cc4OC)cc3[C@H]3[C@H](CCCCO)[C@@H](CCCCO)C=C(C(=NOC)C[C@@H]1N(Cc1ccc4c(c1)OCO4)C(=O)OCC)[C@H]32. The third-order valence-electron chi connectivity index (χ3n) is 12.4. The number of carbonyl (C=O) groups excluding carboxylic acids is 2. The second-order valence-corrected chi connectivity index (χ2v) is 16.1. The lowest BCUT2D eigenvalue weighted by Crippen LogP contribution is -2.70. The van der Waals surface area contributed by atoms with Crippen molar-refractivity contribution in [3.8, 4) is 34.5 Å². The molecule has 3 aromatic carbocycles. The fourth-order valence-electron chi connectivity index (χ4n) is 9.71. The van der Waals surface area contributed by atoms with Crippen molar-refractivity contribution in [2.45, 2.75) is 76.2 Å². The van der Waals surface area contributed by atoms with Gasteiger partial charge in [-0.2, -0.15) is 0 Å². The van der Waals surface area contributed by atoms with Gasteiger partial charge in [0.1, 0.15) is 36.1 Å². The Labute approximate surface area is 373 Å². The van der Waals surface area contributed by atoms with E-state index < -0.39 is 29.9 Å². The van der Waals surface area contributed by atoms with Crippen LogP contribution in [0.25, 0.3) is 0 Å². The maximum absolute atomic E-state index is 14.4. The number of amides is 2. The van der Waals surface area contributed by atoms with Crippen molar-refractivity contribution < 1.29 is 62.5 Å². The van der Waals surface area contributed by atoms with Gasteiger partial charge in [0.25, 0.3) is 0 Å². The topological polar surface area (TPSA) is 185 Å². The molecule has 16 heteroatoms. The Hall–Kier alpha value is -5.97. The Morgan fingerprint density at radius 1 is 0.938 bits per heavy atom. The number of benzene rings is 3. The van der Waals surface area contributed by atoms with Crippen molar-refractivity contribution in [1.82, 2.24) is 4.90 Å². The highest BCUT2D eigenvalue weighted by atomic mass is 16.7. The van der Waals surface area contributed by atoms with Gasteiger partial charge in [0.05, 0.1) is 44.8 Å². The van der Waals surface area contributed by atoms with E-state index in [9.17, 15) is 19.8 Å². The average Bonchev–Trinajstić information content (AvgIpc) is 3.77. The fraction of sp³-hybridized carbons (Fsp3) is 0.479. The highest BCUT2D eigenvalue weighted by molar-refractivity contribution is 6.03. The molecule has 1 fully saturated rings. The Bertz CT molecular complexity index is 2200. The molecule has 0 aromatic heterocycles. The number of nitrogens with zero attached hydrogens (tertiary/aromatic N) is 2. The van der Waals surface area contributed by atoms with Gasteiger partial charge in [-0.15, -0.1) is 6.58 Å². The van der Waals surface area contributed by atoms with Crippen LogP contribution >= 0.6 is 0 Å². The number of aliphatic hydroxyl groups excluding tert-OH is 2. The number of anilines is 1. The first-order valence-electron chi connectivity index (χ1n) is 21.9. The number of carbonyl (C=O) groups is 2. The maximum Gasteiger partial charge on any atom is 0.417 e. The largest absolute Gasteiger partial charge is 0.497 e. The molecule has 1 saturated carbocycles. The van der Waals surface area contributed by atoms with Crippen LogP contribution < -0.4 is 33.7 Å². The summed E-state index contributed by atoms with van der Waals surface area (Å²) in [7, 11) is 4.53. The van der Waals surface area contributed by atoms with Crippen LogP contribution in [0.5, 0.6) is 34.5 Å². The van der Waals surface area contributed by atoms with Gasteiger partial charge in [0.2, 0.25) is 12.6 Å².